The highest BCUT2D eigenvalue weighted by Gasteiger charge is 2.28. The first-order valence-electron chi connectivity index (χ1n) is 5.27. The minimum atomic E-state index is -0.865. The monoisotopic (exact) mass is 255 g/mol. The van der Waals surface area contributed by atoms with Crippen LogP contribution in [-0.4, -0.2) is 17.0 Å². The molecule has 1 aromatic heterocycles. The lowest BCUT2D eigenvalue weighted by Crippen LogP contribution is -2.18. The quantitative estimate of drug-likeness (QED) is 0.727. The number of Topliss-reactive ketones (excluding diaryl/α,β-unsaturated/α-hetero) is 1. The van der Waals surface area contributed by atoms with E-state index in [1.807, 2.05) is 12.1 Å². The van der Waals surface area contributed by atoms with Gasteiger partial charge in [0.05, 0.1) is 22.2 Å². The molecule has 1 aromatic carbocycles. The maximum absolute atomic E-state index is 12.1. The maximum Gasteiger partial charge on any atom is 0.189 e. The summed E-state index contributed by atoms with van der Waals surface area (Å²) in [5.74, 6) is -1.18. The number of aromatic nitrogens is 1. The standard InChI is InChI=1S/C13H6ClN3O/c14-9-4-7-2-1-3-16-11(7)12-10(9)13(18)8(5-15)6-17-12/h1-4,6,8H. The average molecular weight is 256 g/mol. The van der Waals surface area contributed by atoms with Crippen molar-refractivity contribution in [2.24, 2.45) is 10.9 Å². The summed E-state index contributed by atoms with van der Waals surface area (Å²) in [5, 5.41) is 10.0. The van der Waals surface area contributed by atoms with Crippen LogP contribution in [0.3, 0.4) is 0 Å². The summed E-state index contributed by atoms with van der Waals surface area (Å²) < 4.78 is 0. The molecule has 0 aliphatic carbocycles. The Kier molecular flexibility index (Phi) is 2.35. The third-order valence-corrected chi connectivity index (χ3v) is 3.14. The van der Waals surface area contributed by atoms with Crippen LogP contribution in [0, 0.1) is 17.2 Å². The van der Waals surface area contributed by atoms with Gasteiger partial charge in [-0.3, -0.25) is 14.8 Å². The van der Waals surface area contributed by atoms with Crippen LogP contribution in [0.2, 0.25) is 5.02 Å². The van der Waals surface area contributed by atoms with E-state index < -0.39 is 5.92 Å². The number of pyridine rings is 1. The van der Waals surface area contributed by atoms with E-state index in [2.05, 4.69) is 9.98 Å². The molecule has 1 aliphatic heterocycles. The van der Waals surface area contributed by atoms with E-state index in [0.717, 1.165) is 5.39 Å². The summed E-state index contributed by atoms with van der Waals surface area (Å²) in [6, 6.07) is 7.21. The van der Waals surface area contributed by atoms with Gasteiger partial charge in [0, 0.05) is 17.8 Å². The Balaban J connectivity index is 2.41. The molecule has 0 bridgehead atoms. The second kappa shape index (κ2) is 3.90. The molecule has 0 fully saturated rings. The van der Waals surface area contributed by atoms with Crippen molar-refractivity contribution < 1.29 is 4.79 Å². The maximum atomic E-state index is 12.1. The number of hydrogen-bond donors (Lipinski definition) is 0. The van der Waals surface area contributed by atoms with Crippen molar-refractivity contribution >= 4 is 40.2 Å². The number of benzene rings is 1. The number of nitrogens with zero attached hydrogens (tertiary/aromatic N) is 3. The number of nitriles is 1. The summed E-state index contributed by atoms with van der Waals surface area (Å²) >= 11 is 6.11. The van der Waals surface area contributed by atoms with Gasteiger partial charge in [-0.25, -0.2) is 0 Å². The lowest BCUT2D eigenvalue weighted by atomic mass is 9.94. The molecule has 18 heavy (non-hydrogen) atoms. The van der Waals surface area contributed by atoms with E-state index in [0.29, 0.717) is 16.2 Å². The van der Waals surface area contributed by atoms with E-state index in [1.54, 1.807) is 18.3 Å². The molecule has 4 nitrogen and oxygen atoms in total. The van der Waals surface area contributed by atoms with Crippen molar-refractivity contribution in [3.05, 3.63) is 35.0 Å². The zero-order valence-electron chi connectivity index (χ0n) is 9.09. The summed E-state index contributed by atoms with van der Waals surface area (Å²) in [6.45, 7) is 0. The molecular weight excluding hydrogens is 250 g/mol. The Labute approximate surface area is 108 Å². The van der Waals surface area contributed by atoms with Crippen LogP contribution < -0.4 is 0 Å². The number of fused-ring (bicyclic) bond motifs is 3. The first-order chi connectivity index (χ1) is 8.72. The highest BCUT2D eigenvalue weighted by Crippen LogP contribution is 2.37. The Hall–Kier alpha value is -2.25. The van der Waals surface area contributed by atoms with Gasteiger partial charge in [-0.15, -0.1) is 0 Å². The van der Waals surface area contributed by atoms with Crippen LogP contribution in [-0.2, 0) is 0 Å². The van der Waals surface area contributed by atoms with Crippen LogP contribution >= 0.6 is 11.6 Å². The SMILES string of the molecule is N#CC1C=Nc2c(c(Cl)cc3cccnc23)C1=O. The van der Waals surface area contributed by atoms with Crippen molar-refractivity contribution in [3.63, 3.8) is 0 Å². The predicted octanol–water partition coefficient (Wildman–Crippen LogP) is 2.93. The summed E-state index contributed by atoms with van der Waals surface area (Å²) in [5.41, 5.74) is 1.37. The molecule has 1 aliphatic rings. The molecule has 2 aromatic rings. The molecule has 0 N–H and O–H groups in total. The zero-order valence-corrected chi connectivity index (χ0v) is 9.85. The Morgan fingerprint density at radius 2 is 2.28 bits per heavy atom. The smallest absolute Gasteiger partial charge is 0.189 e. The Morgan fingerprint density at radius 3 is 3.06 bits per heavy atom. The predicted molar refractivity (Wildman–Crippen MR) is 68.3 cm³/mol. The van der Waals surface area contributed by atoms with Gasteiger partial charge in [0.15, 0.2) is 5.78 Å². The van der Waals surface area contributed by atoms with Crippen LogP contribution in [0.5, 0.6) is 0 Å². The molecule has 5 heteroatoms. The van der Waals surface area contributed by atoms with Gasteiger partial charge >= 0.3 is 0 Å². The number of ketones is 1. The molecule has 1 unspecified atom stereocenters. The second-order valence-electron chi connectivity index (χ2n) is 3.91. The summed E-state index contributed by atoms with van der Waals surface area (Å²) in [6.07, 6.45) is 2.97. The molecule has 0 saturated heterocycles. The molecule has 0 spiro atoms. The van der Waals surface area contributed by atoms with Gasteiger partial charge < -0.3 is 0 Å². The number of rotatable bonds is 0. The van der Waals surface area contributed by atoms with Crippen molar-refractivity contribution in [1.29, 1.82) is 5.26 Å². The van der Waals surface area contributed by atoms with Gasteiger partial charge in [0.25, 0.3) is 0 Å². The number of aliphatic imine (C=N–C) groups is 1. The zero-order chi connectivity index (χ0) is 12.7. The van der Waals surface area contributed by atoms with Crippen molar-refractivity contribution in [1.82, 2.24) is 4.98 Å². The highest BCUT2D eigenvalue weighted by molar-refractivity contribution is 6.37. The highest BCUT2D eigenvalue weighted by atomic mass is 35.5. The van der Waals surface area contributed by atoms with Crippen LogP contribution in [0.1, 0.15) is 10.4 Å². The molecule has 1 atom stereocenters. The van der Waals surface area contributed by atoms with E-state index >= 15 is 0 Å². The fourth-order valence-electron chi connectivity index (χ4n) is 2.00. The van der Waals surface area contributed by atoms with Crippen molar-refractivity contribution in [3.8, 4) is 6.07 Å². The van der Waals surface area contributed by atoms with Gasteiger partial charge in [0.1, 0.15) is 11.6 Å². The molecule has 0 saturated carbocycles. The Bertz CT molecular complexity index is 746. The third kappa shape index (κ3) is 1.41. The second-order valence-corrected chi connectivity index (χ2v) is 4.31. The van der Waals surface area contributed by atoms with Crippen LogP contribution in [0.15, 0.2) is 29.4 Å². The first-order valence-corrected chi connectivity index (χ1v) is 5.65. The molecule has 86 valence electrons. The van der Waals surface area contributed by atoms with Gasteiger partial charge in [-0.2, -0.15) is 5.26 Å². The summed E-state index contributed by atoms with van der Waals surface area (Å²) in [7, 11) is 0. The van der Waals surface area contributed by atoms with Gasteiger partial charge in [0.2, 0.25) is 0 Å². The molecule has 0 amide bonds. The van der Waals surface area contributed by atoms with E-state index in [1.165, 1.54) is 6.21 Å². The normalized spacial score (nSPS) is 17.6. The van der Waals surface area contributed by atoms with Gasteiger partial charge in [-0.1, -0.05) is 17.7 Å². The fourth-order valence-corrected chi connectivity index (χ4v) is 2.30. The van der Waals surface area contributed by atoms with E-state index in [9.17, 15) is 4.79 Å². The van der Waals surface area contributed by atoms with E-state index in [-0.39, 0.29) is 11.3 Å². The number of halogens is 1. The van der Waals surface area contributed by atoms with Crippen LogP contribution in [0.25, 0.3) is 10.9 Å². The number of carbonyl (C=O) groups excluding carboxylic acids is 1. The third-order valence-electron chi connectivity index (χ3n) is 2.84. The molecule has 2 heterocycles. The molecular formula is C13H6ClN3O. The van der Waals surface area contributed by atoms with Gasteiger partial charge in [-0.05, 0) is 12.1 Å². The van der Waals surface area contributed by atoms with Crippen LogP contribution in [0.4, 0.5) is 5.69 Å². The largest absolute Gasteiger partial charge is 0.292 e. The minimum Gasteiger partial charge on any atom is -0.292 e. The average Bonchev–Trinajstić information content (AvgIpc) is 2.39. The number of hydrogen-bond acceptors (Lipinski definition) is 4. The number of carbonyl (C=O) groups is 1. The minimum absolute atomic E-state index is 0.289. The topological polar surface area (TPSA) is 66.1 Å². The first kappa shape index (κ1) is 10.9. The molecule has 0 radical (unpaired) electrons. The lowest BCUT2D eigenvalue weighted by Gasteiger charge is -2.15. The molecule has 3 rings (SSSR count). The fraction of sp³-hybridized carbons (Fsp3) is 0.0769. The van der Waals surface area contributed by atoms with Crippen molar-refractivity contribution in [2.75, 3.05) is 0 Å². The Morgan fingerprint density at radius 1 is 1.44 bits per heavy atom. The summed E-state index contributed by atoms with van der Waals surface area (Å²) in [4.78, 5) is 20.5. The van der Waals surface area contributed by atoms with E-state index in [4.69, 9.17) is 16.9 Å². The van der Waals surface area contributed by atoms with Crippen molar-refractivity contribution in [2.45, 2.75) is 0 Å². The lowest BCUT2D eigenvalue weighted by molar-refractivity contribution is 0.0976.